The van der Waals surface area contributed by atoms with E-state index in [0.29, 0.717) is 10.6 Å². The predicted molar refractivity (Wildman–Crippen MR) is 75.2 cm³/mol. The van der Waals surface area contributed by atoms with E-state index < -0.39 is 0 Å². The van der Waals surface area contributed by atoms with E-state index in [4.69, 9.17) is 0 Å². The minimum atomic E-state index is 0.252. The fourth-order valence-electron chi connectivity index (χ4n) is 1.28. The van der Waals surface area contributed by atoms with Crippen molar-refractivity contribution >= 4 is 33.5 Å². The molecular weight excluding hydrogens is 252 g/mol. The maximum absolute atomic E-state index is 9.19. The molecule has 1 aromatic heterocycles. The van der Waals surface area contributed by atoms with Gasteiger partial charge >= 0.3 is 0 Å². The summed E-state index contributed by atoms with van der Waals surface area (Å²) in [6.07, 6.45) is 1.97. The molecule has 0 aliphatic carbocycles. The zero-order valence-corrected chi connectivity index (χ0v) is 12.3. The molecule has 0 aliphatic rings. The number of aliphatic imine (C=N–C) groups is 1. The van der Waals surface area contributed by atoms with Gasteiger partial charge in [-0.3, -0.25) is 0 Å². The summed E-state index contributed by atoms with van der Waals surface area (Å²) in [5.41, 5.74) is 1.45. The number of nitrogens with zero attached hydrogens (tertiary/aromatic N) is 4. The molecule has 1 heterocycles. The number of hydrogen-bond acceptors (Lipinski definition) is 5. The first-order chi connectivity index (χ1) is 8.01. The van der Waals surface area contributed by atoms with Crippen molar-refractivity contribution in [3.63, 3.8) is 0 Å². The molecular formula is C11H16N4S2. The van der Waals surface area contributed by atoms with Gasteiger partial charge in [0, 0.05) is 14.1 Å². The Morgan fingerprint density at radius 2 is 2.18 bits per heavy atom. The Hall–Kier alpha value is -1.06. The third-order valence-electron chi connectivity index (χ3n) is 2.12. The highest BCUT2D eigenvalue weighted by molar-refractivity contribution is 8.13. The van der Waals surface area contributed by atoms with Gasteiger partial charge in [-0.05, 0) is 23.7 Å². The van der Waals surface area contributed by atoms with Crippen LogP contribution in [0.5, 0.6) is 0 Å². The zero-order valence-electron chi connectivity index (χ0n) is 10.7. The van der Waals surface area contributed by atoms with E-state index in [1.165, 1.54) is 11.5 Å². The summed E-state index contributed by atoms with van der Waals surface area (Å²) in [4.78, 5) is 6.42. The van der Waals surface area contributed by atoms with Gasteiger partial charge < -0.3 is 4.90 Å². The minimum absolute atomic E-state index is 0.252. The van der Waals surface area contributed by atoms with E-state index in [-0.39, 0.29) is 5.92 Å². The SMILES string of the molecule is CS/C(=N/c1snc(C(C)C)c1C#N)N(C)C. The maximum atomic E-state index is 9.19. The largest absolute Gasteiger partial charge is 0.357 e. The summed E-state index contributed by atoms with van der Waals surface area (Å²) >= 11 is 2.85. The van der Waals surface area contributed by atoms with Crippen LogP contribution in [-0.2, 0) is 0 Å². The maximum Gasteiger partial charge on any atom is 0.164 e. The summed E-state index contributed by atoms with van der Waals surface area (Å²) in [5, 5.41) is 10.8. The van der Waals surface area contributed by atoms with Crippen molar-refractivity contribution < 1.29 is 0 Å². The lowest BCUT2D eigenvalue weighted by molar-refractivity contribution is 0.637. The molecule has 0 bridgehead atoms. The van der Waals surface area contributed by atoms with Crippen LogP contribution in [0.25, 0.3) is 0 Å². The van der Waals surface area contributed by atoms with Crippen LogP contribution in [0.4, 0.5) is 5.00 Å². The van der Waals surface area contributed by atoms with Crippen LogP contribution >= 0.6 is 23.3 Å². The Balaban J connectivity index is 3.21. The number of rotatable bonds is 2. The molecule has 6 heteroatoms. The van der Waals surface area contributed by atoms with Crippen molar-refractivity contribution in [1.29, 1.82) is 5.26 Å². The van der Waals surface area contributed by atoms with Crippen molar-refractivity contribution in [3.05, 3.63) is 11.3 Å². The molecule has 1 aromatic rings. The minimum Gasteiger partial charge on any atom is -0.357 e. The Bertz CT molecular complexity index is 455. The molecule has 0 saturated heterocycles. The highest BCUT2D eigenvalue weighted by atomic mass is 32.2. The first-order valence-corrected chi connectivity index (χ1v) is 7.20. The highest BCUT2D eigenvalue weighted by Crippen LogP contribution is 2.32. The number of hydrogen-bond donors (Lipinski definition) is 0. The van der Waals surface area contributed by atoms with E-state index in [9.17, 15) is 5.26 Å². The summed E-state index contributed by atoms with van der Waals surface area (Å²) in [6.45, 7) is 4.07. The van der Waals surface area contributed by atoms with Crippen LogP contribution in [-0.4, -0.2) is 34.8 Å². The van der Waals surface area contributed by atoms with Gasteiger partial charge in [0.25, 0.3) is 0 Å². The van der Waals surface area contributed by atoms with Crippen LogP contribution in [0, 0.1) is 11.3 Å². The van der Waals surface area contributed by atoms with Crippen LogP contribution in [0.1, 0.15) is 31.0 Å². The summed E-state index contributed by atoms with van der Waals surface area (Å²) < 4.78 is 4.32. The summed E-state index contributed by atoms with van der Waals surface area (Å²) in [5.74, 6) is 0.252. The molecule has 0 fully saturated rings. The van der Waals surface area contributed by atoms with Crippen LogP contribution < -0.4 is 0 Å². The molecule has 0 amide bonds. The van der Waals surface area contributed by atoms with E-state index in [2.05, 4.69) is 15.4 Å². The van der Waals surface area contributed by atoms with Crippen LogP contribution in [0.2, 0.25) is 0 Å². The molecule has 0 atom stereocenters. The molecule has 92 valence electrons. The highest BCUT2D eigenvalue weighted by Gasteiger charge is 2.16. The van der Waals surface area contributed by atoms with Crippen molar-refractivity contribution in [3.8, 4) is 6.07 Å². The molecule has 0 N–H and O–H groups in total. The predicted octanol–water partition coefficient (Wildman–Crippen LogP) is 3.05. The normalized spacial score (nSPS) is 11.7. The zero-order chi connectivity index (χ0) is 13.0. The lowest BCUT2D eigenvalue weighted by atomic mass is 10.1. The van der Waals surface area contributed by atoms with Gasteiger partial charge in [0.15, 0.2) is 10.2 Å². The second-order valence-electron chi connectivity index (χ2n) is 4.01. The number of thioether (sulfide) groups is 1. The van der Waals surface area contributed by atoms with Gasteiger partial charge in [-0.25, -0.2) is 4.99 Å². The number of aromatic nitrogens is 1. The van der Waals surface area contributed by atoms with E-state index in [1.54, 1.807) is 11.8 Å². The Morgan fingerprint density at radius 1 is 1.53 bits per heavy atom. The topological polar surface area (TPSA) is 52.3 Å². The first-order valence-electron chi connectivity index (χ1n) is 5.20. The smallest absolute Gasteiger partial charge is 0.164 e. The average molecular weight is 268 g/mol. The van der Waals surface area contributed by atoms with Gasteiger partial charge in [0.2, 0.25) is 0 Å². The third-order valence-corrected chi connectivity index (χ3v) is 3.70. The lowest BCUT2D eigenvalue weighted by Crippen LogP contribution is -2.17. The monoisotopic (exact) mass is 268 g/mol. The van der Waals surface area contributed by atoms with Crippen molar-refractivity contribution in [1.82, 2.24) is 9.27 Å². The van der Waals surface area contributed by atoms with Gasteiger partial charge in [-0.2, -0.15) is 9.64 Å². The quantitative estimate of drug-likeness (QED) is 0.611. The summed E-state index contributed by atoms with van der Waals surface area (Å²) in [6, 6.07) is 2.21. The molecule has 0 aliphatic heterocycles. The standard InChI is InChI=1S/C11H16N4S2/c1-7(2)9-8(6-12)10(17-14-9)13-11(16-5)15(3)4/h7H,1-5H3/b13-11+. The van der Waals surface area contributed by atoms with E-state index >= 15 is 0 Å². The van der Waals surface area contributed by atoms with Crippen molar-refractivity contribution in [2.75, 3.05) is 20.4 Å². The molecule has 0 saturated carbocycles. The first kappa shape index (κ1) is 14.0. The fraction of sp³-hybridized carbons (Fsp3) is 0.545. The van der Waals surface area contributed by atoms with E-state index in [0.717, 1.165) is 10.9 Å². The Morgan fingerprint density at radius 3 is 2.59 bits per heavy atom. The Labute approximate surface area is 111 Å². The van der Waals surface area contributed by atoms with Crippen LogP contribution in [0.3, 0.4) is 0 Å². The van der Waals surface area contributed by atoms with Gasteiger partial charge in [-0.15, -0.1) is 0 Å². The third kappa shape index (κ3) is 3.20. The van der Waals surface area contributed by atoms with Gasteiger partial charge in [-0.1, -0.05) is 25.6 Å². The number of amidine groups is 1. The van der Waals surface area contributed by atoms with Crippen molar-refractivity contribution in [2.24, 2.45) is 4.99 Å². The molecule has 0 aromatic carbocycles. The number of nitriles is 1. The molecule has 0 radical (unpaired) electrons. The Kier molecular flexibility index (Phi) is 4.97. The average Bonchev–Trinajstić information content (AvgIpc) is 2.67. The molecule has 0 spiro atoms. The molecule has 0 unspecified atom stereocenters. The van der Waals surface area contributed by atoms with E-state index in [1.807, 2.05) is 39.1 Å². The second-order valence-corrected chi connectivity index (χ2v) is 5.53. The fourth-order valence-corrected chi connectivity index (χ4v) is 2.75. The van der Waals surface area contributed by atoms with Crippen molar-refractivity contribution in [2.45, 2.75) is 19.8 Å². The van der Waals surface area contributed by atoms with Gasteiger partial charge in [0.05, 0.1) is 5.69 Å². The van der Waals surface area contributed by atoms with Gasteiger partial charge in [0.1, 0.15) is 11.6 Å². The molecule has 4 nitrogen and oxygen atoms in total. The summed E-state index contributed by atoms with van der Waals surface area (Å²) in [7, 11) is 3.87. The second kappa shape index (κ2) is 6.03. The molecule has 17 heavy (non-hydrogen) atoms. The molecule has 1 rings (SSSR count). The lowest BCUT2D eigenvalue weighted by Gasteiger charge is -2.12. The van der Waals surface area contributed by atoms with Crippen LogP contribution in [0.15, 0.2) is 4.99 Å².